The molecule has 1 amide bonds. The first-order chi connectivity index (χ1) is 14.7. The van der Waals surface area contributed by atoms with Gasteiger partial charge in [-0.3, -0.25) is 9.48 Å². The number of amides is 1. The summed E-state index contributed by atoms with van der Waals surface area (Å²) in [6, 6.07) is 4.45. The maximum absolute atomic E-state index is 12.1. The van der Waals surface area contributed by atoms with Crippen LogP contribution in [0, 0.1) is 11.3 Å². The second-order valence-corrected chi connectivity index (χ2v) is 8.43. The molecule has 5 rings (SSSR count). The van der Waals surface area contributed by atoms with Gasteiger partial charge in [-0.05, 0) is 50.4 Å². The Morgan fingerprint density at radius 2 is 2.10 bits per heavy atom. The molecule has 1 N–H and O–H groups in total. The Kier molecular flexibility index (Phi) is 4.91. The summed E-state index contributed by atoms with van der Waals surface area (Å²) in [5, 5.41) is 17.8. The Balaban J connectivity index is 1.59. The first-order valence-corrected chi connectivity index (χ1v) is 10.9. The lowest BCUT2D eigenvalue weighted by atomic mass is 10.0. The number of carbonyl (C=O) groups excluding carboxylic acids is 1. The quantitative estimate of drug-likeness (QED) is 0.823. The van der Waals surface area contributed by atoms with E-state index in [1.54, 1.807) is 6.92 Å². The number of rotatable bonds is 2. The number of hydrogen-bond donors (Lipinski definition) is 1. The number of aromatic nitrogens is 3. The largest absolute Gasteiger partial charge is 0.338 e. The summed E-state index contributed by atoms with van der Waals surface area (Å²) in [4.78, 5) is 20.6. The lowest BCUT2D eigenvalue weighted by molar-refractivity contribution is -0.129. The van der Waals surface area contributed by atoms with Crippen LogP contribution >= 0.6 is 0 Å². The van der Waals surface area contributed by atoms with Crippen LogP contribution < -0.4 is 10.2 Å². The van der Waals surface area contributed by atoms with Gasteiger partial charge in [0.1, 0.15) is 11.8 Å². The van der Waals surface area contributed by atoms with E-state index in [4.69, 9.17) is 5.10 Å². The van der Waals surface area contributed by atoms with Crippen molar-refractivity contribution in [1.29, 1.82) is 5.26 Å². The number of nitrogens with one attached hydrogen (secondary N) is 1. The Labute approximate surface area is 176 Å². The highest BCUT2D eigenvalue weighted by atomic mass is 16.2. The number of nitriles is 1. The molecule has 0 radical (unpaired) electrons. The van der Waals surface area contributed by atoms with E-state index < -0.39 is 0 Å². The summed E-state index contributed by atoms with van der Waals surface area (Å²) in [5.74, 6) is 1.07. The number of carbonyl (C=O) groups is 1. The number of fused-ring (bicyclic) bond motifs is 2. The lowest BCUT2D eigenvalue weighted by Gasteiger charge is -2.32. The molecule has 8 nitrogen and oxygen atoms in total. The standard InChI is InChI=1S/C22H27N7O/c1-15(30)27-10-6-20-19(14-27)22(26-29(20)18-4-7-24-8-5-18)28-9-2-3-16-11-17(12-23)25-13-21(16)28/h11,13,18,24H,2-10,14H2,1H3. The molecule has 3 aliphatic heterocycles. The van der Waals surface area contributed by atoms with Crippen molar-refractivity contribution in [2.24, 2.45) is 0 Å². The molecule has 8 heteroatoms. The molecule has 0 spiro atoms. The first-order valence-electron chi connectivity index (χ1n) is 10.9. The molecule has 156 valence electrons. The van der Waals surface area contributed by atoms with Crippen LogP contribution in [0.2, 0.25) is 0 Å². The van der Waals surface area contributed by atoms with Gasteiger partial charge in [-0.25, -0.2) is 4.98 Å². The van der Waals surface area contributed by atoms with Crippen molar-refractivity contribution in [2.45, 2.75) is 51.6 Å². The van der Waals surface area contributed by atoms with Gasteiger partial charge in [0.25, 0.3) is 0 Å². The van der Waals surface area contributed by atoms with Crippen LogP contribution in [-0.2, 0) is 24.2 Å². The molecule has 0 unspecified atom stereocenters. The van der Waals surface area contributed by atoms with Crippen molar-refractivity contribution in [3.8, 4) is 6.07 Å². The van der Waals surface area contributed by atoms with Crippen LogP contribution in [0.1, 0.15) is 54.7 Å². The molecule has 0 atom stereocenters. The summed E-state index contributed by atoms with van der Waals surface area (Å²) < 4.78 is 2.26. The smallest absolute Gasteiger partial charge is 0.219 e. The minimum atomic E-state index is 0.112. The molecule has 0 aromatic carbocycles. The number of anilines is 2. The van der Waals surface area contributed by atoms with Crippen molar-refractivity contribution < 1.29 is 4.79 Å². The van der Waals surface area contributed by atoms with E-state index in [1.807, 2.05) is 17.2 Å². The number of nitrogens with zero attached hydrogens (tertiary/aromatic N) is 6. The van der Waals surface area contributed by atoms with E-state index in [0.717, 1.165) is 75.4 Å². The van der Waals surface area contributed by atoms with Gasteiger partial charge < -0.3 is 15.1 Å². The van der Waals surface area contributed by atoms with Crippen LogP contribution in [0.4, 0.5) is 11.5 Å². The van der Waals surface area contributed by atoms with Crippen molar-refractivity contribution in [2.75, 3.05) is 31.1 Å². The van der Waals surface area contributed by atoms with E-state index in [-0.39, 0.29) is 5.91 Å². The van der Waals surface area contributed by atoms with E-state index in [1.165, 1.54) is 11.3 Å². The summed E-state index contributed by atoms with van der Waals surface area (Å²) in [6.45, 7) is 5.91. The molecule has 1 saturated heterocycles. The molecule has 5 heterocycles. The number of piperidine rings is 1. The summed E-state index contributed by atoms with van der Waals surface area (Å²) in [5.41, 5.74) is 5.10. The van der Waals surface area contributed by atoms with Gasteiger partial charge in [0.05, 0.1) is 24.5 Å². The minimum absolute atomic E-state index is 0.112. The fraction of sp³-hybridized carbons (Fsp3) is 0.545. The third kappa shape index (κ3) is 3.23. The van der Waals surface area contributed by atoms with Crippen LogP contribution in [0.15, 0.2) is 12.3 Å². The highest BCUT2D eigenvalue weighted by molar-refractivity contribution is 5.75. The highest BCUT2D eigenvalue weighted by Crippen LogP contribution is 2.39. The fourth-order valence-corrected chi connectivity index (χ4v) is 5.03. The van der Waals surface area contributed by atoms with Gasteiger partial charge in [-0.1, -0.05) is 0 Å². The molecule has 2 aromatic rings. The summed E-state index contributed by atoms with van der Waals surface area (Å²) in [6.07, 6.45) is 6.76. The topological polar surface area (TPSA) is 90.1 Å². The fourth-order valence-electron chi connectivity index (χ4n) is 5.03. The second kappa shape index (κ2) is 7.73. The molecular formula is C22H27N7O. The Morgan fingerprint density at radius 1 is 1.27 bits per heavy atom. The first kappa shape index (κ1) is 19.1. The average Bonchev–Trinajstić information content (AvgIpc) is 3.17. The third-order valence-electron chi connectivity index (χ3n) is 6.62. The zero-order chi connectivity index (χ0) is 20.7. The molecule has 30 heavy (non-hydrogen) atoms. The SMILES string of the molecule is CC(=O)N1CCc2c(c(N3CCCc4cc(C#N)ncc43)nn2C2CCNCC2)C1. The summed E-state index contributed by atoms with van der Waals surface area (Å²) >= 11 is 0. The number of aryl methyl sites for hydroxylation is 1. The minimum Gasteiger partial charge on any atom is -0.338 e. The third-order valence-corrected chi connectivity index (χ3v) is 6.62. The summed E-state index contributed by atoms with van der Waals surface area (Å²) in [7, 11) is 0. The lowest BCUT2D eigenvalue weighted by Crippen LogP contribution is -2.36. The molecule has 0 aliphatic carbocycles. The Bertz CT molecular complexity index is 1020. The van der Waals surface area contributed by atoms with Gasteiger partial charge >= 0.3 is 0 Å². The maximum Gasteiger partial charge on any atom is 0.219 e. The van der Waals surface area contributed by atoms with Gasteiger partial charge in [0.15, 0.2) is 5.82 Å². The Hall–Kier alpha value is -2.92. The van der Waals surface area contributed by atoms with E-state index in [0.29, 0.717) is 18.3 Å². The van der Waals surface area contributed by atoms with Gasteiger partial charge in [0, 0.05) is 37.7 Å². The van der Waals surface area contributed by atoms with Gasteiger partial charge in [-0.2, -0.15) is 10.4 Å². The average molecular weight is 406 g/mol. The van der Waals surface area contributed by atoms with E-state index in [9.17, 15) is 10.1 Å². The monoisotopic (exact) mass is 405 g/mol. The van der Waals surface area contributed by atoms with Crippen LogP contribution in [-0.4, -0.2) is 51.8 Å². The molecule has 0 saturated carbocycles. The zero-order valence-electron chi connectivity index (χ0n) is 17.4. The maximum atomic E-state index is 12.1. The van der Waals surface area contributed by atoms with Crippen molar-refractivity contribution in [3.63, 3.8) is 0 Å². The molecule has 0 bridgehead atoms. The number of hydrogen-bond acceptors (Lipinski definition) is 6. The van der Waals surface area contributed by atoms with Crippen LogP contribution in [0.3, 0.4) is 0 Å². The molecule has 2 aromatic heterocycles. The molecule has 3 aliphatic rings. The predicted octanol–water partition coefficient (Wildman–Crippen LogP) is 2.06. The van der Waals surface area contributed by atoms with E-state index >= 15 is 0 Å². The molecular weight excluding hydrogens is 378 g/mol. The highest BCUT2D eigenvalue weighted by Gasteiger charge is 2.33. The van der Waals surface area contributed by atoms with Gasteiger partial charge in [-0.15, -0.1) is 0 Å². The van der Waals surface area contributed by atoms with E-state index in [2.05, 4.69) is 26.0 Å². The van der Waals surface area contributed by atoms with Crippen molar-refractivity contribution in [3.05, 3.63) is 34.8 Å². The number of pyridine rings is 1. The normalized spacial score (nSPS) is 19.2. The predicted molar refractivity (Wildman–Crippen MR) is 112 cm³/mol. The van der Waals surface area contributed by atoms with Crippen LogP contribution in [0.5, 0.6) is 0 Å². The van der Waals surface area contributed by atoms with Crippen molar-refractivity contribution in [1.82, 2.24) is 25.0 Å². The molecule has 1 fully saturated rings. The Morgan fingerprint density at radius 3 is 2.87 bits per heavy atom. The second-order valence-electron chi connectivity index (χ2n) is 8.43. The van der Waals surface area contributed by atoms with Crippen LogP contribution in [0.25, 0.3) is 0 Å². The van der Waals surface area contributed by atoms with Gasteiger partial charge in [0.2, 0.25) is 5.91 Å². The zero-order valence-corrected chi connectivity index (χ0v) is 17.4. The van der Waals surface area contributed by atoms with Crippen molar-refractivity contribution >= 4 is 17.4 Å².